The Morgan fingerprint density at radius 1 is 1.06 bits per heavy atom. The lowest BCUT2D eigenvalue weighted by Crippen LogP contribution is -2.31. The van der Waals surface area contributed by atoms with Gasteiger partial charge in [-0.3, -0.25) is 5.01 Å². The van der Waals surface area contributed by atoms with Gasteiger partial charge in [-0.1, -0.05) is 5.22 Å². The summed E-state index contributed by atoms with van der Waals surface area (Å²) in [6, 6.07) is 8.71. The molecule has 1 aliphatic heterocycles. The van der Waals surface area contributed by atoms with Crippen LogP contribution in [0, 0.1) is 22.7 Å². The molecule has 2 rings (SSSR count). The third-order valence-electron chi connectivity index (χ3n) is 2.45. The van der Waals surface area contributed by atoms with Crippen LogP contribution in [0.15, 0.2) is 28.5 Å². The van der Waals surface area contributed by atoms with Crippen LogP contribution < -0.4 is 0 Å². The van der Waals surface area contributed by atoms with Gasteiger partial charge in [0, 0.05) is 0 Å². The number of hydrogen-bond acceptors (Lipinski definition) is 5. The van der Waals surface area contributed by atoms with E-state index in [4.69, 9.17) is 15.3 Å². The fraction of sp³-hybridized carbons (Fsp3) is 0.333. The molecule has 0 radical (unpaired) electrons. The van der Waals surface area contributed by atoms with Crippen LogP contribution in [0.2, 0.25) is 0 Å². The fourth-order valence-corrected chi connectivity index (χ4v) is 1.56. The Balaban J connectivity index is 2.15. The van der Waals surface area contributed by atoms with Gasteiger partial charge in [0.05, 0.1) is 55.3 Å². The molecule has 0 aliphatic carbocycles. The molecule has 18 heavy (non-hydrogen) atoms. The van der Waals surface area contributed by atoms with Crippen LogP contribution in [0.1, 0.15) is 11.1 Å². The Morgan fingerprint density at radius 3 is 2.22 bits per heavy atom. The average molecular weight is 241 g/mol. The molecule has 0 aromatic heterocycles. The van der Waals surface area contributed by atoms with Gasteiger partial charge in [-0.15, -0.1) is 5.11 Å². The van der Waals surface area contributed by atoms with Crippen molar-refractivity contribution < 1.29 is 4.74 Å². The number of morpholine rings is 1. The summed E-state index contributed by atoms with van der Waals surface area (Å²) in [4.78, 5) is 0. The summed E-state index contributed by atoms with van der Waals surface area (Å²) in [6.45, 7) is 2.68. The van der Waals surface area contributed by atoms with E-state index in [1.807, 2.05) is 12.1 Å². The van der Waals surface area contributed by atoms with Gasteiger partial charge in [-0.05, 0) is 18.2 Å². The minimum atomic E-state index is 0.407. The summed E-state index contributed by atoms with van der Waals surface area (Å²) in [7, 11) is 0. The van der Waals surface area contributed by atoms with Crippen LogP contribution in [0.25, 0.3) is 0 Å². The lowest BCUT2D eigenvalue weighted by Gasteiger charge is -2.22. The SMILES string of the molecule is N#Cc1cc(C#N)cc(N=NN2CCOCC2)c1. The molecule has 0 atom stereocenters. The molecule has 0 bridgehead atoms. The monoisotopic (exact) mass is 241 g/mol. The molecule has 6 nitrogen and oxygen atoms in total. The van der Waals surface area contributed by atoms with E-state index in [1.54, 1.807) is 17.1 Å². The zero-order valence-corrected chi connectivity index (χ0v) is 9.70. The van der Waals surface area contributed by atoms with Crippen LogP contribution in [0.3, 0.4) is 0 Å². The smallest absolute Gasteiger partial charge is 0.0992 e. The second-order valence-corrected chi connectivity index (χ2v) is 3.75. The Hall–Kier alpha value is -2.44. The number of rotatable bonds is 2. The quantitative estimate of drug-likeness (QED) is 0.738. The van der Waals surface area contributed by atoms with Gasteiger partial charge in [0.2, 0.25) is 0 Å². The molecule has 1 saturated heterocycles. The van der Waals surface area contributed by atoms with Gasteiger partial charge >= 0.3 is 0 Å². The molecule has 6 heteroatoms. The van der Waals surface area contributed by atoms with Crippen LogP contribution in [-0.2, 0) is 4.74 Å². The second-order valence-electron chi connectivity index (χ2n) is 3.75. The van der Waals surface area contributed by atoms with Crippen molar-refractivity contribution in [2.75, 3.05) is 26.3 Å². The molecule has 1 aromatic carbocycles. The van der Waals surface area contributed by atoms with E-state index in [1.165, 1.54) is 6.07 Å². The largest absolute Gasteiger partial charge is 0.378 e. The first-order valence-corrected chi connectivity index (χ1v) is 5.51. The van der Waals surface area contributed by atoms with Crippen molar-refractivity contribution in [2.45, 2.75) is 0 Å². The predicted molar refractivity (Wildman–Crippen MR) is 62.8 cm³/mol. The molecule has 0 unspecified atom stereocenters. The highest BCUT2D eigenvalue weighted by Crippen LogP contribution is 2.18. The van der Waals surface area contributed by atoms with Gasteiger partial charge in [-0.25, -0.2) is 0 Å². The minimum Gasteiger partial charge on any atom is -0.378 e. The highest BCUT2D eigenvalue weighted by atomic mass is 16.5. The van der Waals surface area contributed by atoms with Crippen LogP contribution in [0.4, 0.5) is 5.69 Å². The summed E-state index contributed by atoms with van der Waals surface area (Å²) in [5.41, 5.74) is 1.33. The Bertz CT molecular complexity index is 502. The van der Waals surface area contributed by atoms with Gasteiger partial charge in [0.1, 0.15) is 0 Å². The first-order chi connectivity index (χ1) is 8.81. The summed E-state index contributed by atoms with van der Waals surface area (Å²) >= 11 is 0. The van der Waals surface area contributed by atoms with Crippen molar-refractivity contribution in [2.24, 2.45) is 10.3 Å². The minimum absolute atomic E-state index is 0.407. The molecule has 0 amide bonds. The highest BCUT2D eigenvalue weighted by Gasteiger charge is 2.07. The maximum absolute atomic E-state index is 8.84. The molecule has 0 N–H and O–H groups in total. The third kappa shape index (κ3) is 3.03. The summed E-state index contributed by atoms with van der Waals surface area (Å²) in [6.07, 6.45) is 0. The van der Waals surface area contributed by atoms with Crippen molar-refractivity contribution in [3.63, 3.8) is 0 Å². The standard InChI is InChI=1S/C12H11N5O/c13-8-10-5-11(9-14)7-12(6-10)15-16-17-1-3-18-4-2-17/h5-7H,1-4H2. The Morgan fingerprint density at radius 2 is 1.67 bits per heavy atom. The second kappa shape index (κ2) is 5.76. The molecule has 1 aromatic rings. The molecular formula is C12H11N5O. The average Bonchev–Trinajstić information content (AvgIpc) is 2.45. The summed E-state index contributed by atoms with van der Waals surface area (Å²) < 4.78 is 5.20. The molecule has 1 aliphatic rings. The van der Waals surface area contributed by atoms with E-state index in [-0.39, 0.29) is 0 Å². The molecule has 0 saturated carbocycles. The predicted octanol–water partition coefficient (Wildman–Crippen LogP) is 1.76. The first-order valence-electron chi connectivity index (χ1n) is 5.51. The first kappa shape index (κ1) is 12.0. The summed E-state index contributed by atoms with van der Waals surface area (Å²) in [5.74, 6) is 0. The topological polar surface area (TPSA) is 84.8 Å². The molecular weight excluding hydrogens is 230 g/mol. The van der Waals surface area contributed by atoms with Gasteiger partial charge in [-0.2, -0.15) is 10.5 Å². The highest BCUT2D eigenvalue weighted by molar-refractivity contribution is 5.51. The maximum Gasteiger partial charge on any atom is 0.0992 e. The number of benzene rings is 1. The van der Waals surface area contributed by atoms with E-state index in [0.717, 1.165) is 0 Å². The van der Waals surface area contributed by atoms with Gasteiger partial charge in [0.15, 0.2) is 0 Å². The number of nitrogens with zero attached hydrogens (tertiary/aromatic N) is 5. The Labute approximate surface area is 105 Å². The normalized spacial score (nSPS) is 15.3. The molecule has 90 valence electrons. The van der Waals surface area contributed by atoms with Crippen molar-refractivity contribution in [1.82, 2.24) is 5.01 Å². The van der Waals surface area contributed by atoms with Gasteiger partial charge < -0.3 is 4.74 Å². The summed E-state index contributed by atoms with van der Waals surface area (Å²) in [5, 5.41) is 27.6. The van der Waals surface area contributed by atoms with E-state index < -0.39 is 0 Å². The lowest BCUT2D eigenvalue weighted by molar-refractivity contribution is 0.0353. The Kier molecular flexibility index (Phi) is 3.85. The zero-order chi connectivity index (χ0) is 12.8. The number of nitriles is 2. The van der Waals surface area contributed by atoms with E-state index >= 15 is 0 Å². The van der Waals surface area contributed by atoms with Crippen LogP contribution in [-0.4, -0.2) is 31.3 Å². The zero-order valence-electron chi connectivity index (χ0n) is 9.70. The molecule has 1 heterocycles. The van der Waals surface area contributed by atoms with Gasteiger partial charge in [0.25, 0.3) is 0 Å². The lowest BCUT2D eigenvalue weighted by atomic mass is 10.1. The molecule has 1 fully saturated rings. The van der Waals surface area contributed by atoms with Crippen molar-refractivity contribution in [3.05, 3.63) is 29.3 Å². The maximum atomic E-state index is 8.84. The van der Waals surface area contributed by atoms with Crippen LogP contribution >= 0.6 is 0 Å². The van der Waals surface area contributed by atoms with Crippen molar-refractivity contribution >= 4 is 5.69 Å². The van der Waals surface area contributed by atoms with E-state index in [2.05, 4.69) is 10.3 Å². The van der Waals surface area contributed by atoms with Crippen molar-refractivity contribution in [1.29, 1.82) is 10.5 Å². The third-order valence-corrected chi connectivity index (χ3v) is 2.45. The number of ether oxygens (including phenoxy) is 1. The van der Waals surface area contributed by atoms with E-state index in [0.29, 0.717) is 43.1 Å². The van der Waals surface area contributed by atoms with Crippen molar-refractivity contribution in [3.8, 4) is 12.1 Å². The fourth-order valence-electron chi connectivity index (χ4n) is 1.56. The number of hydrogen-bond donors (Lipinski definition) is 0. The van der Waals surface area contributed by atoms with E-state index in [9.17, 15) is 0 Å². The molecule has 0 spiro atoms. The van der Waals surface area contributed by atoms with Crippen LogP contribution in [0.5, 0.6) is 0 Å².